The van der Waals surface area contributed by atoms with E-state index in [1.165, 1.54) is 30.4 Å². The minimum absolute atomic E-state index is 0.228. The van der Waals surface area contributed by atoms with Gasteiger partial charge in [-0.25, -0.2) is 4.98 Å². The van der Waals surface area contributed by atoms with Crippen molar-refractivity contribution in [1.29, 1.82) is 0 Å². The van der Waals surface area contributed by atoms with Crippen LogP contribution in [0.15, 0.2) is 53.7 Å². The van der Waals surface area contributed by atoms with Gasteiger partial charge in [0.05, 0.1) is 13.2 Å². The molecule has 0 radical (unpaired) electrons. The number of morpholine rings is 1. The summed E-state index contributed by atoms with van der Waals surface area (Å²) in [5.41, 5.74) is 2.83. The molecular weight excluding hydrogens is 362 g/mol. The first-order valence-corrected chi connectivity index (χ1v) is 10.6. The van der Waals surface area contributed by atoms with E-state index in [1.54, 1.807) is 0 Å². The van der Waals surface area contributed by atoms with E-state index in [0.29, 0.717) is 6.54 Å². The quantitative estimate of drug-likeness (QED) is 0.584. The molecule has 0 bridgehead atoms. The van der Waals surface area contributed by atoms with Gasteiger partial charge in [-0.3, -0.25) is 4.99 Å². The Morgan fingerprint density at radius 1 is 1.10 bits per heavy atom. The molecule has 1 saturated carbocycles. The maximum atomic E-state index is 5.48. The number of anilines is 1. The van der Waals surface area contributed by atoms with Crippen LogP contribution in [0.3, 0.4) is 0 Å². The van der Waals surface area contributed by atoms with E-state index in [1.807, 2.05) is 19.3 Å². The van der Waals surface area contributed by atoms with Crippen molar-refractivity contribution in [2.24, 2.45) is 4.99 Å². The van der Waals surface area contributed by atoms with E-state index in [2.05, 4.69) is 61.9 Å². The smallest absolute Gasteiger partial charge is 0.191 e. The van der Waals surface area contributed by atoms with Crippen LogP contribution in [0, 0.1) is 0 Å². The lowest BCUT2D eigenvalue weighted by molar-refractivity contribution is 0.122. The molecule has 1 aromatic heterocycles. The Kier molecular flexibility index (Phi) is 6.30. The highest BCUT2D eigenvalue weighted by atomic mass is 16.5. The van der Waals surface area contributed by atoms with Gasteiger partial charge in [0.25, 0.3) is 0 Å². The molecule has 1 aromatic carbocycles. The highest BCUT2D eigenvalue weighted by Crippen LogP contribution is 2.43. The monoisotopic (exact) mass is 393 g/mol. The number of ether oxygens (including phenoxy) is 1. The number of hydrogen-bond donors (Lipinski definition) is 2. The fourth-order valence-electron chi connectivity index (χ4n) is 4.24. The van der Waals surface area contributed by atoms with Crippen LogP contribution in [-0.2, 0) is 16.7 Å². The van der Waals surface area contributed by atoms with Crippen LogP contribution in [0.5, 0.6) is 0 Å². The van der Waals surface area contributed by atoms with E-state index >= 15 is 0 Å². The second-order valence-electron chi connectivity index (χ2n) is 7.86. The summed E-state index contributed by atoms with van der Waals surface area (Å²) in [6, 6.07) is 15.0. The maximum absolute atomic E-state index is 5.48. The van der Waals surface area contributed by atoms with Gasteiger partial charge < -0.3 is 20.3 Å². The number of pyridine rings is 1. The van der Waals surface area contributed by atoms with Crippen LogP contribution < -0.4 is 15.5 Å². The molecule has 4 rings (SSSR count). The normalized spacial score (nSPS) is 18.8. The number of aliphatic imine (C=N–C) groups is 1. The van der Waals surface area contributed by atoms with E-state index in [0.717, 1.165) is 44.6 Å². The lowest BCUT2D eigenvalue weighted by Crippen LogP contribution is -2.48. The molecule has 0 unspecified atom stereocenters. The first-order valence-electron chi connectivity index (χ1n) is 10.6. The Morgan fingerprint density at radius 2 is 1.90 bits per heavy atom. The van der Waals surface area contributed by atoms with Gasteiger partial charge in [-0.05, 0) is 24.5 Å². The van der Waals surface area contributed by atoms with Gasteiger partial charge in [-0.1, -0.05) is 42.8 Å². The molecule has 0 amide bonds. The number of nitrogens with one attached hydrogen (secondary N) is 2. The summed E-state index contributed by atoms with van der Waals surface area (Å²) < 4.78 is 5.48. The summed E-state index contributed by atoms with van der Waals surface area (Å²) in [6.45, 7) is 4.88. The molecule has 2 fully saturated rings. The van der Waals surface area contributed by atoms with Crippen molar-refractivity contribution >= 4 is 11.8 Å². The Bertz CT molecular complexity index is 813. The van der Waals surface area contributed by atoms with Crippen molar-refractivity contribution in [3.63, 3.8) is 0 Å². The van der Waals surface area contributed by atoms with Crippen molar-refractivity contribution in [2.45, 2.75) is 31.2 Å². The van der Waals surface area contributed by atoms with Crippen molar-refractivity contribution in [2.75, 3.05) is 44.8 Å². The Balaban J connectivity index is 1.37. The number of guanidine groups is 1. The Hall–Kier alpha value is -2.60. The SMILES string of the molecule is CN=C(NCc1cccnc1N1CCOCC1)NCC1(c2ccccc2)CCC1. The predicted molar refractivity (Wildman–Crippen MR) is 117 cm³/mol. The van der Waals surface area contributed by atoms with Gasteiger partial charge in [0.15, 0.2) is 5.96 Å². The molecular formula is C23H31N5O. The molecule has 1 aliphatic heterocycles. The molecule has 1 saturated heterocycles. The fourth-order valence-corrected chi connectivity index (χ4v) is 4.24. The number of benzene rings is 1. The molecule has 2 aromatic rings. The average Bonchev–Trinajstić information content (AvgIpc) is 2.76. The highest BCUT2D eigenvalue weighted by Gasteiger charge is 2.38. The minimum Gasteiger partial charge on any atom is -0.378 e. The number of rotatable bonds is 6. The zero-order valence-corrected chi connectivity index (χ0v) is 17.2. The zero-order chi connectivity index (χ0) is 19.9. The van der Waals surface area contributed by atoms with Crippen LogP contribution in [0.4, 0.5) is 5.82 Å². The van der Waals surface area contributed by atoms with Crippen LogP contribution in [0.1, 0.15) is 30.4 Å². The summed E-state index contributed by atoms with van der Waals surface area (Å²) in [5, 5.41) is 7.04. The maximum Gasteiger partial charge on any atom is 0.191 e. The van der Waals surface area contributed by atoms with Crippen molar-refractivity contribution in [3.8, 4) is 0 Å². The van der Waals surface area contributed by atoms with Gasteiger partial charge in [0.2, 0.25) is 0 Å². The molecule has 6 heteroatoms. The second-order valence-corrected chi connectivity index (χ2v) is 7.86. The first-order chi connectivity index (χ1) is 14.3. The van der Waals surface area contributed by atoms with Gasteiger partial charge >= 0.3 is 0 Å². The number of aromatic nitrogens is 1. The molecule has 2 N–H and O–H groups in total. The molecule has 0 atom stereocenters. The Morgan fingerprint density at radius 3 is 2.59 bits per heavy atom. The zero-order valence-electron chi connectivity index (χ0n) is 17.2. The van der Waals surface area contributed by atoms with Crippen LogP contribution in [0.25, 0.3) is 0 Å². The van der Waals surface area contributed by atoms with E-state index in [-0.39, 0.29) is 5.41 Å². The predicted octanol–water partition coefficient (Wildman–Crippen LogP) is 2.71. The summed E-state index contributed by atoms with van der Waals surface area (Å²) in [7, 11) is 1.83. The van der Waals surface area contributed by atoms with Gasteiger partial charge in [-0.15, -0.1) is 0 Å². The molecule has 0 spiro atoms. The molecule has 2 heterocycles. The summed E-state index contributed by atoms with van der Waals surface area (Å²) >= 11 is 0. The highest BCUT2D eigenvalue weighted by molar-refractivity contribution is 5.80. The summed E-state index contributed by atoms with van der Waals surface area (Å²) in [6.07, 6.45) is 5.61. The third-order valence-corrected chi connectivity index (χ3v) is 6.14. The first kappa shape index (κ1) is 19.7. The van der Waals surface area contributed by atoms with Crippen LogP contribution >= 0.6 is 0 Å². The Labute approximate surface area is 173 Å². The van der Waals surface area contributed by atoms with E-state index in [9.17, 15) is 0 Å². The van der Waals surface area contributed by atoms with Crippen molar-refractivity contribution < 1.29 is 4.74 Å². The molecule has 29 heavy (non-hydrogen) atoms. The molecule has 1 aliphatic carbocycles. The van der Waals surface area contributed by atoms with E-state index in [4.69, 9.17) is 4.74 Å². The molecule has 2 aliphatic rings. The van der Waals surface area contributed by atoms with Gasteiger partial charge in [0.1, 0.15) is 5.82 Å². The third kappa shape index (κ3) is 4.53. The van der Waals surface area contributed by atoms with E-state index < -0.39 is 0 Å². The topological polar surface area (TPSA) is 61.8 Å². The van der Waals surface area contributed by atoms with Crippen LogP contribution in [0.2, 0.25) is 0 Å². The van der Waals surface area contributed by atoms with Crippen LogP contribution in [-0.4, -0.2) is 50.8 Å². The van der Waals surface area contributed by atoms with Crippen molar-refractivity contribution in [3.05, 3.63) is 59.8 Å². The standard InChI is InChI=1S/C23H31N5O/c1-24-22(27-18-23(10-6-11-23)20-8-3-2-4-9-20)26-17-19-7-5-12-25-21(19)28-13-15-29-16-14-28/h2-5,7-9,12H,6,10-11,13-18H2,1H3,(H2,24,26,27). The minimum atomic E-state index is 0.228. The fraction of sp³-hybridized carbons (Fsp3) is 0.478. The summed E-state index contributed by atoms with van der Waals surface area (Å²) in [5.74, 6) is 1.88. The largest absolute Gasteiger partial charge is 0.378 e. The number of nitrogens with zero attached hydrogens (tertiary/aromatic N) is 3. The molecule has 6 nitrogen and oxygen atoms in total. The summed E-state index contributed by atoms with van der Waals surface area (Å²) in [4.78, 5) is 11.4. The third-order valence-electron chi connectivity index (χ3n) is 6.14. The average molecular weight is 394 g/mol. The number of hydrogen-bond acceptors (Lipinski definition) is 4. The second kappa shape index (κ2) is 9.27. The van der Waals surface area contributed by atoms with Gasteiger partial charge in [-0.2, -0.15) is 0 Å². The lowest BCUT2D eigenvalue weighted by Gasteiger charge is -2.43. The molecule has 154 valence electrons. The lowest BCUT2D eigenvalue weighted by atomic mass is 9.64. The van der Waals surface area contributed by atoms with Gasteiger partial charge in [0, 0.05) is 50.4 Å². The van der Waals surface area contributed by atoms with Crippen molar-refractivity contribution in [1.82, 2.24) is 15.6 Å².